The number of hydrogen-bond donors (Lipinski definition) is 3. The quantitative estimate of drug-likeness (QED) is 0.266. The summed E-state index contributed by atoms with van der Waals surface area (Å²) in [7, 11) is 7.87. The van der Waals surface area contributed by atoms with E-state index < -0.39 is 17.9 Å². The van der Waals surface area contributed by atoms with Crippen LogP contribution in [0.4, 0.5) is 11.4 Å². The molecule has 3 heterocycles. The van der Waals surface area contributed by atoms with Gasteiger partial charge in [-0.25, -0.2) is 0 Å². The van der Waals surface area contributed by atoms with E-state index in [-0.39, 0.29) is 0 Å². The van der Waals surface area contributed by atoms with Gasteiger partial charge in [0.2, 0.25) is 0 Å². The van der Waals surface area contributed by atoms with Crippen LogP contribution in [0.2, 0.25) is 0 Å². The fraction of sp³-hybridized carbons (Fsp3) is 0.355. The molecule has 0 fully saturated rings. The zero-order chi connectivity index (χ0) is 28.7. The maximum atomic E-state index is 13.4. The Balaban J connectivity index is 1.71. The Morgan fingerprint density at radius 1 is 0.850 bits per heavy atom. The number of aliphatic hydroxyl groups is 1. The van der Waals surface area contributed by atoms with Crippen LogP contribution in [-0.2, 0) is 16.1 Å². The summed E-state index contributed by atoms with van der Waals surface area (Å²) in [6.07, 6.45) is 3.11. The van der Waals surface area contributed by atoms with Gasteiger partial charge in [-0.05, 0) is 49.5 Å². The van der Waals surface area contributed by atoms with Crippen LogP contribution in [0.15, 0.2) is 48.8 Å². The number of nitrogens with zero attached hydrogens (tertiary/aromatic N) is 4. The van der Waals surface area contributed by atoms with E-state index in [0.717, 1.165) is 46.3 Å². The van der Waals surface area contributed by atoms with Crippen molar-refractivity contribution in [3.05, 3.63) is 59.9 Å². The lowest BCUT2D eigenvalue weighted by molar-refractivity contribution is -0.122. The number of imide groups is 1. The molecular weight excluding hydrogens is 504 g/mol. The first-order chi connectivity index (χ1) is 19.1. The topological polar surface area (TPSA) is 96.8 Å². The first-order valence-electron chi connectivity index (χ1n) is 13.7. The average molecular weight is 543 g/mol. The number of aromatic nitrogens is 2. The highest BCUT2D eigenvalue weighted by molar-refractivity contribution is 6.50. The van der Waals surface area contributed by atoms with E-state index in [4.69, 9.17) is 0 Å². The summed E-state index contributed by atoms with van der Waals surface area (Å²) < 4.78 is 2.00. The van der Waals surface area contributed by atoms with Gasteiger partial charge in [-0.1, -0.05) is 13.8 Å². The first-order valence-corrected chi connectivity index (χ1v) is 13.7. The molecule has 2 aromatic heterocycles. The van der Waals surface area contributed by atoms with Gasteiger partial charge in [-0.2, -0.15) is 0 Å². The van der Waals surface area contributed by atoms with Crippen molar-refractivity contribution in [2.24, 2.45) is 0 Å². The number of aliphatic hydroxyl groups excluding tert-OH is 1. The molecule has 4 aromatic rings. The first kappa shape index (κ1) is 27.5. The van der Waals surface area contributed by atoms with Crippen LogP contribution in [0.5, 0.6) is 0 Å². The van der Waals surface area contributed by atoms with Gasteiger partial charge in [0.15, 0.2) is 0 Å². The van der Waals surface area contributed by atoms with Gasteiger partial charge in [-0.15, -0.1) is 0 Å². The van der Waals surface area contributed by atoms with Crippen LogP contribution in [0.1, 0.15) is 25.0 Å². The number of carbonyl (C=O) groups is 2. The molecule has 1 aliphatic heterocycles. The van der Waals surface area contributed by atoms with Crippen molar-refractivity contribution in [1.29, 1.82) is 0 Å². The third-order valence-corrected chi connectivity index (χ3v) is 7.80. The second-order valence-corrected chi connectivity index (χ2v) is 10.8. The Morgan fingerprint density at radius 2 is 1.45 bits per heavy atom. The highest BCUT2D eigenvalue weighted by atomic mass is 16.3. The zero-order valence-corrected chi connectivity index (χ0v) is 24.1. The SMILES string of the molecule is CCN(CC)CC(O)Cn1cc(C2=C(c3c[nH]c4ccc(N(C)C)cc34)C(=O)NC2=O)c2cc(N(C)C)ccc21. The van der Waals surface area contributed by atoms with Crippen LogP contribution in [-0.4, -0.2) is 85.3 Å². The molecule has 2 amide bonds. The number of fused-ring (bicyclic) bond motifs is 2. The molecule has 1 unspecified atom stereocenters. The molecule has 9 nitrogen and oxygen atoms in total. The molecule has 9 heteroatoms. The molecule has 5 rings (SSSR count). The summed E-state index contributed by atoms with van der Waals surface area (Å²) >= 11 is 0. The maximum Gasteiger partial charge on any atom is 0.259 e. The Kier molecular flexibility index (Phi) is 7.44. The van der Waals surface area contributed by atoms with E-state index in [1.54, 1.807) is 6.20 Å². The number of benzene rings is 2. The molecule has 1 atom stereocenters. The summed E-state index contributed by atoms with van der Waals surface area (Å²) in [5.41, 5.74) is 5.81. The van der Waals surface area contributed by atoms with Crippen LogP contribution < -0.4 is 15.1 Å². The second kappa shape index (κ2) is 10.8. The van der Waals surface area contributed by atoms with Gasteiger partial charge in [0.25, 0.3) is 11.8 Å². The lowest BCUT2D eigenvalue weighted by atomic mass is 9.95. The van der Waals surface area contributed by atoms with Crippen molar-refractivity contribution in [2.45, 2.75) is 26.5 Å². The molecule has 0 bridgehead atoms. The number of hydrogen-bond acceptors (Lipinski definition) is 6. The predicted molar refractivity (Wildman–Crippen MR) is 163 cm³/mol. The number of anilines is 2. The fourth-order valence-corrected chi connectivity index (χ4v) is 5.54. The Hall–Kier alpha value is -4.08. The van der Waals surface area contributed by atoms with Crippen LogP contribution in [0.3, 0.4) is 0 Å². The number of aromatic amines is 1. The Bertz CT molecular complexity index is 1620. The Morgan fingerprint density at radius 3 is 2.08 bits per heavy atom. The minimum atomic E-state index is -0.595. The van der Waals surface area contributed by atoms with Gasteiger partial charge in [0.05, 0.1) is 17.3 Å². The largest absolute Gasteiger partial charge is 0.390 e. The van der Waals surface area contributed by atoms with E-state index >= 15 is 0 Å². The molecule has 0 radical (unpaired) electrons. The molecule has 40 heavy (non-hydrogen) atoms. The van der Waals surface area contributed by atoms with Crippen LogP contribution in [0.25, 0.3) is 33.0 Å². The number of amides is 2. The molecule has 0 saturated carbocycles. The minimum Gasteiger partial charge on any atom is -0.390 e. The van der Waals surface area contributed by atoms with Gasteiger partial charge in [-0.3, -0.25) is 14.9 Å². The zero-order valence-electron chi connectivity index (χ0n) is 24.1. The van der Waals surface area contributed by atoms with E-state index in [2.05, 4.69) is 29.0 Å². The van der Waals surface area contributed by atoms with Crippen molar-refractivity contribution in [3.8, 4) is 0 Å². The molecule has 210 valence electrons. The third kappa shape index (κ3) is 4.87. The van der Waals surface area contributed by atoms with Gasteiger partial charge in [0.1, 0.15) is 0 Å². The molecule has 3 N–H and O–H groups in total. The molecule has 1 aliphatic rings. The third-order valence-electron chi connectivity index (χ3n) is 7.80. The predicted octanol–water partition coefficient (Wildman–Crippen LogP) is 3.52. The molecule has 2 aromatic carbocycles. The Labute approximate surface area is 234 Å². The normalized spacial score (nSPS) is 14.6. The fourth-order valence-electron chi connectivity index (χ4n) is 5.54. The van der Waals surface area contributed by atoms with E-state index in [0.29, 0.717) is 35.4 Å². The smallest absolute Gasteiger partial charge is 0.259 e. The van der Waals surface area contributed by atoms with Gasteiger partial charge >= 0.3 is 0 Å². The summed E-state index contributed by atoms with van der Waals surface area (Å²) in [5, 5.41) is 15.2. The summed E-state index contributed by atoms with van der Waals surface area (Å²) in [6, 6.07) is 12.1. The lowest BCUT2D eigenvalue weighted by Crippen LogP contribution is -2.34. The molecule has 0 saturated heterocycles. The standard InChI is InChI=1S/C31H38N6O3/c1-7-36(8-2)16-21(38)17-37-18-25(23-14-20(35(5)6)10-12-27(23)37)29-28(30(39)33-31(29)40)24-15-32-26-11-9-19(34(3)4)13-22(24)26/h9-15,18,21,32,38H,7-8,16-17H2,1-6H3,(H,33,39,40). The van der Waals surface area contributed by atoms with Gasteiger partial charge < -0.3 is 29.4 Å². The van der Waals surface area contributed by atoms with Crippen molar-refractivity contribution in [2.75, 3.05) is 57.6 Å². The summed E-state index contributed by atoms with van der Waals surface area (Å²) in [6.45, 7) is 6.79. The van der Waals surface area contributed by atoms with Crippen molar-refractivity contribution >= 4 is 56.1 Å². The van der Waals surface area contributed by atoms with Crippen molar-refractivity contribution < 1.29 is 14.7 Å². The molecule has 0 aliphatic carbocycles. The molecule has 0 spiro atoms. The van der Waals surface area contributed by atoms with E-state index in [1.165, 1.54) is 0 Å². The number of H-pyrrole nitrogens is 1. The summed E-state index contributed by atoms with van der Waals surface area (Å²) in [4.78, 5) is 36.2. The van der Waals surface area contributed by atoms with E-state index in [9.17, 15) is 14.7 Å². The summed E-state index contributed by atoms with van der Waals surface area (Å²) in [5.74, 6) is -0.835. The lowest BCUT2D eigenvalue weighted by Gasteiger charge is -2.22. The highest BCUT2D eigenvalue weighted by Crippen LogP contribution is 2.39. The minimum absolute atomic E-state index is 0.346. The average Bonchev–Trinajstić information content (AvgIpc) is 3.58. The van der Waals surface area contributed by atoms with Crippen LogP contribution >= 0.6 is 0 Å². The van der Waals surface area contributed by atoms with Crippen LogP contribution in [0, 0.1) is 0 Å². The second-order valence-electron chi connectivity index (χ2n) is 10.8. The van der Waals surface area contributed by atoms with Crippen molar-refractivity contribution in [1.82, 2.24) is 19.8 Å². The van der Waals surface area contributed by atoms with Crippen molar-refractivity contribution in [3.63, 3.8) is 0 Å². The number of nitrogens with one attached hydrogen (secondary N) is 2. The number of likely N-dealkylation sites (N-methyl/N-ethyl adjacent to an activating group) is 1. The maximum absolute atomic E-state index is 13.4. The number of rotatable bonds is 10. The van der Waals surface area contributed by atoms with Gasteiger partial charge in [0, 0.05) is 98.0 Å². The van der Waals surface area contributed by atoms with E-state index in [1.807, 2.05) is 85.2 Å². The number of carbonyl (C=O) groups excluding carboxylic acids is 2. The highest BCUT2D eigenvalue weighted by Gasteiger charge is 2.35. The molecular formula is C31H38N6O3. The monoisotopic (exact) mass is 542 g/mol.